The zero-order chi connectivity index (χ0) is 17.9. The molecule has 24 heavy (non-hydrogen) atoms. The van der Waals surface area contributed by atoms with Crippen molar-refractivity contribution in [1.29, 1.82) is 0 Å². The molecule has 1 aliphatic rings. The van der Waals surface area contributed by atoms with Gasteiger partial charge in [-0.05, 0) is 32.9 Å². The molecule has 1 heterocycles. The molecule has 1 amide bonds. The van der Waals surface area contributed by atoms with Gasteiger partial charge in [0.1, 0.15) is 16.3 Å². The molecule has 1 aromatic rings. The molecule has 0 aromatic heterocycles. The number of ketones is 1. The molecule has 0 spiro atoms. The summed E-state index contributed by atoms with van der Waals surface area (Å²) in [6.45, 7) is 4.89. The highest BCUT2D eigenvalue weighted by Crippen LogP contribution is 2.19. The van der Waals surface area contributed by atoms with Crippen LogP contribution in [0.1, 0.15) is 20.8 Å². The van der Waals surface area contributed by atoms with Gasteiger partial charge in [0.25, 0.3) is 0 Å². The predicted molar refractivity (Wildman–Crippen MR) is 95.1 cm³/mol. The number of nitrogens with zero attached hydrogens (tertiary/aromatic N) is 1. The van der Waals surface area contributed by atoms with Gasteiger partial charge in [-0.15, -0.1) is 0 Å². The Hall–Kier alpha value is -2.41. The van der Waals surface area contributed by atoms with E-state index < -0.39 is 17.5 Å². The number of carbonyl (C=O) groups is 2. The molecular formula is C17H20N2O4S. The first-order chi connectivity index (χ1) is 11.2. The summed E-state index contributed by atoms with van der Waals surface area (Å²) in [4.78, 5) is 25.6. The lowest BCUT2D eigenvalue weighted by molar-refractivity contribution is -0.117. The van der Waals surface area contributed by atoms with Crippen LogP contribution in [0.4, 0.5) is 10.5 Å². The molecule has 1 aliphatic heterocycles. The summed E-state index contributed by atoms with van der Waals surface area (Å²) in [5.41, 5.74) is 0.0722. The Bertz CT molecular complexity index is 692. The molecule has 6 nitrogen and oxygen atoms in total. The van der Waals surface area contributed by atoms with E-state index in [4.69, 9.17) is 17.0 Å². The van der Waals surface area contributed by atoms with E-state index in [-0.39, 0.29) is 29.4 Å². The van der Waals surface area contributed by atoms with Gasteiger partial charge in [-0.25, -0.2) is 4.79 Å². The number of hydrogen-bond donors (Lipinski definition) is 2. The minimum absolute atomic E-state index is 0.0358. The molecule has 2 rings (SSSR count). The Morgan fingerprint density at radius 1 is 1.25 bits per heavy atom. The SMILES string of the molecule is CC(C)(C)OC(=O)N1CC(=O)C(C(=S)Nc2ccccc2)=C(O)C1. The monoisotopic (exact) mass is 348 g/mol. The van der Waals surface area contributed by atoms with Gasteiger partial charge in [0, 0.05) is 5.69 Å². The fraction of sp³-hybridized carbons (Fsp3) is 0.353. The third kappa shape index (κ3) is 4.55. The van der Waals surface area contributed by atoms with Gasteiger partial charge in [0.2, 0.25) is 0 Å². The number of aliphatic hydroxyl groups excluding tert-OH is 1. The van der Waals surface area contributed by atoms with E-state index in [1.54, 1.807) is 32.9 Å². The number of ether oxygens (including phenoxy) is 1. The zero-order valence-corrected chi connectivity index (χ0v) is 14.6. The molecule has 0 atom stereocenters. The van der Waals surface area contributed by atoms with E-state index in [0.717, 1.165) is 4.90 Å². The van der Waals surface area contributed by atoms with E-state index >= 15 is 0 Å². The normalized spacial score (nSPS) is 15.3. The number of anilines is 1. The van der Waals surface area contributed by atoms with Crippen LogP contribution < -0.4 is 5.32 Å². The number of benzene rings is 1. The van der Waals surface area contributed by atoms with Crippen LogP contribution in [0.3, 0.4) is 0 Å². The number of nitrogens with one attached hydrogen (secondary N) is 1. The topological polar surface area (TPSA) is 78.9 Å². The lowest BCUT2D eigenvalue weighted by Gasteiger charge is -2.30. The number of aliphatic hydroxyl groups is 1. The smallest absolute Gasteiger partial charge is 0.411 e. The predicted octanol–water partition coefficient (Wildman–Crippen LogP) is 3.06. The summed E-state index contributed by atoms with van der Waals surface area (Å²) in [5.74, 6) is -0.677. The first kappa shape index (κ1) is 17.9. The average molecular weight is 348 g/mol. The molecule has 128 valence electrons. The van der Waals surface area contributed by atoms with Crippen molar-refractivity contribution in [3.8, 4) is 0 Å². The summed E-state index contributed by atoms with van der Waals surface area (Å²) in [5, 5.41) is 13.1. The molecule has 0 unspecified atom stereocenters. The molecule has 0 fully saturated rings. The Balaban J connectivity index is 2.12. The van der Waals surface area contributed by atoms with Crippen LogP contribution in [0.25, 0.3) is 0 Å². The Kier molecular flexibility index (Phi) is 5.23. The fourth-order valence-electron chi connectivity index (χ4n) is 2.16. The second-order valence-corrected chi connectivity index (χ2v) is 6.81. The summed E-state index contributed by atoms with van der Waals surface area (Å²) in [6, 6.07) is 9.10. The van der Waals surface area contributed by atoms with Crippen molar-refractivity contribution >= 4 is 34.8 Å². The highest BCUT2D eigenvalue weighted by atomic mass is 32.1. The number of hydrogen-bond acceptors (Lipinski definition) is 5. The minimum atomic E-state index is -0.677. The first-order valence-corrected chi connectivity index (χ1v) is 7.88. The molecule has 0 saturated carbocycles. The molecule has 0 bridgehead atoms. The van der Waals surface area contributed by atoms with Crippen LogP contribution in [0.2, 0.25) is 0 Å². The molecular weight excluding hydrogens is 328 g/mol. The zero-order valence-electron chi connectivity index (χ0n) is 13.8. The van der Waals surface area contributed by atoms with Crippen LogP contribution in [-0.4, -0.2) is 45.6 Å². The molecule has 1 aromatic carbocycles. The van der Waals surface area contributed by atoms with Crippen molar-refractivity contribution in [2.24, 2.45) is 0 Å². The van der Waals surface area contributed by atoms with E-state index in [0.29, 0.717) is 5.69 Å². The van der Waals surface area contributed by atoms with Gasteiger partial charge >= 0.3 is 6.09 Å². The number of carbonyl (C=O) groups excluding carboxylic acids is 2. The van der Waals surface area contributed by atoms with Crippen LogP contribution in [0, 0.1) is 0 Å². The van der Waals surface area contributed by atoms with E-state index in [2.05, 4.69) is 5.32 Å². The van der Waals surface area contributed by atoms with Crippen LogP contribution >= 0.6 is 12.2 Å². The Morgan fingerprint density at radius 2 is 1.88 bits per heavy atom. The van der Waals surface area contributed by atoms with Gasteiger partial charge in [0.15, 0.2) is 5.78 Å². The second-order valence-electron chi connectivity index (χ2n) is 6.40. The Labute approximate surface area is 146 Å². The van der Waals surface area contributed by atoms with Gasteiger partial charge in [0.05, 0.1) is 18.7 Å². The van der Waals surface area contributed by atoms with Crippen LogP contribution in [-0.2, 0) is 9.53 Å². The van der Waals surface area contributed by atoms with Crippen molar-refractivity contribution in [1.82, 2.24) is 4.90 Å². The number of thiocarbonyl (C=S) groups is 1. The highest BCUT2D eigenvalue weighted by molar-refractivity contribution is 7.81. The van der Waals surface area contributed by atoms with Crippen molar-refractivity contribution in [3.63, 3.8) is 0 Å². The van der Waals surface area contributed by atoms with Crippen molar-refractivity contribution < 1.29 is 19.4 Å². The fourth-order valence-corrected chi connectivity index (χ4v) is 2.51. The maximum atomic E-state index is 12.3. The van der Waals surface area contributed by atoms with Crippen LogP contribution in [0.15, 0.2) is 41.7 Å². The van der Waals surface area contributed by atoms with E-state index in [1.165, 1.54) is 0 Å². The van der Waals surface area contributed by atoms with E-state index in [9.17, 15) is 14.7 Å². The van der Waals surface area contributed by atoms with Crippen LogP contribution in [0.5, 0.6) is 0 Å². The lowest BCUT2D eigenvalue weighted by atomic mass is 10.0. The maximum absolute atomic E-state index is 12.3. The quantitative estimate of drug-likeness (QED) is 0.800. The number of rotatable bonds is 2. The third-order valence-corrected chi connectivity index (χ3v) is 3.46. The van der Waals surface area contributed by atoms with E-state index in [1.807, 2.05) is 18.2 Å². The number of para-hydroxylation sites is 1. The second kappa shape index (κ2) is 7.00. The van der Waals surface area contributed by atoms with Crippen molar-refractivity contribution in [3.05, 3.63) is 41.7 Å². The molecule has 7 heteroatoms. The van der Waals surface area contributed by atoms with Crippen molar-refractivity contribution in [2.75, 3.05) is 18.4 Å². The summed E-state index contributed by atoms with van der Waals surface area (Å²) in [6.07, 6.45) is -0.650. The maximum Gasteiger partial charge on any atom is 0.411 e. The summed E-state index contributed by atoms with van der Waals surface area (Å²) >= 11 is 5.22. The average Bonchev–Trinajstić information content (AvgIpc) is 2.45. The number of Topliss-reactive ketones (excluding diaryl/α,β-unsaturated/α-hetero) is 1. The molecule has 0 radical (unpaired) electrons. The van der Waals surface area contributed by atoms with Gasteiger partial charge < -0.3 is 15.2 Å². The molecule has 0 aliphatic carbocycles. The van der Waals surface area contributed by atoms with Gasteiger partial charge in [-0.1, -0.05) is 30.4 Å². The summed E-state index contributed by atoms with van der Waals surface area (Å²) in [7, 11) is 0. The van der Waals surface area contributed by atoms with Crippen molar-refractivity contribution in [2.45, 2.75) is 26.4 Å². The Morgan fingerprint density at radius 3 is 2.42 bits per heavy atom. The minimum Gasteiger partial charge on any atom is -0.510 e. The van der Waals surface area contributed by atoms with Gasteiger partial charge in [-0.2, -0.15) is 0 Å². The third-order valence-electron chi connectivity index (χ3n) is 3.15. The summed E-state index contributed by atoms with van der Waals surface area (Å²) < 4.78 is 5.22. The number of amides is 1. The highest BCUT2D eigenvalue weighted by Gasteiger charge is 2.33. The molecule has 2 N–H and O–H groups in total. The van der Waals surface area contributed by atoms with Gasteiger partial charge in [-0.3, -0.25) is 9.69 Å². The molecule has 0 saturated heterocycles. The lowest BCUT2D eigenvalue weighted by Crippen LogP contribution is -2.45. The first-order valence-electron chi connectivity index (χ1n) is 7.47. The largest absolute Gasteiger partial charge is 0.510 e. The standard InChI is InChI=1S/C17H20N2O4S/c1-17(2,3)23-16(22)19-9-12(20)14(13(21)10-19)15(24)18-11-7-5-4-6-8-11/h4-8,20H,9-10H2,1-3H3,(H,18,24).